The van der Waals surface area contributed by atoms with E-state index in [9.17, 15) is 20.0 Å². The number of thiophene rings is 1. The number of anilines is 1. The Morgan fingerprint density at radius 3 is 2.79 bits per heavy atom. The number of aliphatic hydroxyl groups is 1. The predicted molar refractivity (Wildman–Crippen MR) is 144 cm³/mol. The van der Waals surface area contributed by atoms with Crippen molar-refractivity contribution < 1.29 is 14.7 Å². The number of nitriles is 1. The van der Waals surface area contributed by atoms with Crippen molar-refractivity contribution in [1.29, 1.82) is 5.26 Å². The van der Waals surface area contributed by atoms with Crippen LogP contribution in [0.25, 0.3) is 21.3 Å². The summed E-state index contributed by atoms with van der Waals surface area (Å²) in [6.07, 6.45) is 5.28. The number of hydrogen-bond donors (Lipinski definition) is 2. The maximum absolute atomic E-state index is 12.6. The molecule has 9 heteroatoms. The van der Waals surface area contributed by atoms with Crippen LogP contribution in [0.1, 0.15) is 42.2 Å². The molecule has 1 aromatic carbocycles. The number of piperidine rings is 1. The van der Waals surface area contributed by atoms with Gasteiger partial charge in [-0.05, 0) is 62.4 Å². The molecule has 4 atom stereocenters. The summed E-state index contributed by atoms with van der Waals surface area (Å²) in [5.74, 6) is -0.293. The largest absolute Gasteiger partial charge is 0.394 e. The number of benzene rings is 1. The van der Waals surface area contributed by atoms with E-state index in [1.165, 1.54) is 10.5 Å². The van der Waals surface area contributed by atoms with E-state index >= 15 is 0 Å². The Balaban J connectivity index is 1.31. The normalized spacial score (nSPS) is 28.1. The molecule has 2 N–H and O–H groups in total. The van der Waals surface area contributed by atoms with Gasteiger partial charge in [-0.25, -0.2) is 0 Å². The van der Waals surface area contributed by atoms with Crippen LogP contribution in [0.5, 0.6) is 0 Å². The number of amides is 2. The summed E-state index contributed by atoms with van der Waals surface area (Å²) in [6, 6.07) is 10.6. The van der Waals surface area contributed by atoms with Gasteiger partial charge in [-0.2, -0.15) is 5.26 Å². The van der Waals surface area contributed by atoms with Gasteiger partial charge in [0, 0.05) is 52.6 Å². The van der Waals surface area contributed by atoms with E-state index in [0.29, 0.717) is 18.5 Å². The summed E-state index contributed by atoms with van der Waals surface area (Å²) in [5.41, 5.74) is 5.55. The average Bonchev–Trinajstić information content (AvgIpc) is 3.38. The molecule has 194 valence electrons. The Labute approximate surface area is 224 Å². The Hall–Kier alpha value is -3.32. The van der Waals surface area contributed by atoms with Gasteiger partial charge in [0.2, 0.25) is 11.8 Å². The highest BCUT2D eigenvalue weighted by molar-refractivity contribution is 7.19. The van der Waals surface area contributed by atoms with Crippen LogP contribution in [0.3, 0.4) is 0 Å². The number of imide groups is 1. The molecule has 7 rings (SSSR count). The highest BCUT2D eigenvalue weighted by Crippen LogP contribution is 2.48. The third kappa shape index (κ3) is 3.66. The standard InChI is InChI=1S/C29H29N5O3S/c1-29(15-35)11-18(13-32-29)33-6-2-3-17-7-16(12-30)8-21(25(17)33)20-4-5-31-24-9-19(38-26(20)24)14-34-27(36)22-10-23(22)28(34)37/h4-5,7-9,18,22-23,32,35H,2-3,6,10-11,13-15H2,1H3/t18-,22?,23?,29+/m0/s1. The van der Waals surface area contributed by atoms with E-state index in [4.69, 9.17) is 0 Å². The van der Waals surface area contributed by atoms with Crippen LogP contribution in [0.4, 0.5) is 5.69 Å². The van der Waals surface area contributed by atoms with Crippen LogP contribution in [0, 0.1) is 23.2 Å². The number of aliphatic hydroxyl groups excluding tert-OH is 1. The van der Waals surface area contributed by atoms with Crippen LogP contribution in [0.2, 0.25) is 0 Å². The number of nitrogens with zero attached hydrogens (tertiary/aromatic N) is 4. The maximum atomic E-state index is 12.6. The third-order valence-corrected chi connectivity index (χ3v) is 9.86. The Morgan fingerprint density at radius 1 is 1.24 bits per heavy atom. The smallest absolute Gasteiger partial charge is 0.233 e. The van der Waals surface area contributed by atoms with E-state index in [1.54, 1.807) is 17.5 Å². The van der Waals surface area contributed by atoms with Gasteiger partial charge < -0.3 is 15.3 Å². The van der Waals surface area contributed by atoms with Crippen molar-refractivity contribution in [2.45, 2.75) is 50.7 Å². The number of rotatable bonds is 5. The number of fused-ring (bicyclic) bond motifs is 3. The molecule has 2 unspecified atom stereocenters. The fourth-order valence-corrected chi connectivity index (χ4v) is 7.75. The lowest BCUT2D eigenvalue weighted by atomic mass is 9.89. The second kappa shape index (κ2) is 8.60. The third-order valence-electron chi connectivity index (χ3n) is 8.71. The zero-order valence-corrected chi connectivity index (χ0v) is 22.1. The highest BCUT2D eigenvalue weighted by Gasteiger charge is 2.58. The van der Waals surface area contributed by atoms with Crippen LogP contribution in [-0.2, 0) is 22.6 Å². The summed E-state index contributed by atoms with van der Waals surface area (Å²) in [5, 5.41) is 23.3. The summed E-state index contributed by atoms with van der Waals surface area (Å²) < 4.78 is 0.999. The first-order valence-corrected chi connectivity index (χ1v) is 14.1. The first kappa shape index (κ1) is 23.8. The molecule has 2 saturated heterocycles. The van der Waals surface area contributed by atoms with Gasteiger partial charge in [0.1, 0.15) is 0 Å². The topological polar surface area (TPSA) is 110 Å². The molecule has 2 aromatic heterocycles. The molecule has 3 fully saturated rings. The van der Waals surface area contributed by atoms with E-state index < -0.39 is 0 Å². The minimum atomic E-state index is -0.299. The molecular formula is C29H29N5O3S. The second-order valence-electron chi connectivity index (χ2n) is 11.4. The van der Waals surface area contributed by atoms with Gasteiger partial charge in [0.15, 0.2) is 0 Å². The van der Waals surface area contributed by atoms with Crippen molar-refractivity contribution in [3.63, 3.8) is 0 Å². The van der Waals surface area contributed by atoms with Crippen LogP contribution < -0.4 is 10.2 Å². The van der Waals surface area contributed by atoms with Gasteiger partial charge in [-0.3, -0.25) is 19.5 Å². The number of aryl methyl sites for hydroxylation is 1. The van der Waals surface area contributed by atoms with Gasteiger partial charge in [-0.15, -0.1) is 11.3 Å². The zero-order chi connectivity index (χ0) is 26.2. The molecule has 38 heavy (non-hydrogen) atoms. The fraction of sp³-hybridized carbons (Fsp3) is 0.448. The number of nitrogens with one attached hydrogen (secondary N) is 1. The van der Waals surface area contributed by atoms with Gasteiger partial charge in [0.05, 0.1) is 46.8 Å². The van der Waals surface area contributed by atoms with Crippen LogP contribution >= 0.6 is 11.3 Å². The summed E-state index contributed by atoms with van der Waals surface area (Å²) in [7, 11) is 0. The molecule has 0 bridgehead atoms. The molecule has 3 aliphatic heterocycles. The molecular weight excluding hydrogens is 498 g/mol. The summed E-state index contributed by atoms with van der Waals surface area (Å²) >= 11 is 1.57. The lowest BCUT2D eigenvalue weighted by molar-refractivity contribution is -0.141. The maximum Gasteiger partial charge on any atom is 0.233 e. The van der Waals surface area contributed by atoms with Crippen molar-refractivity contribution in [1.82, 2.24) is 15.2 Å². The van der Waals surface area contributed by atoms with E-state index in [-0.39, 0.29) is 41.8 Å². The van der Waals surface area contributed by atoms with Gasteiger partial charge in [-0.1, -0.05) is 0 Å². The number of carbonyl (C=O) groups is 2. The Bertz CT molecular complexity index is 1520. The minimum Gasteiger partial charge on any atom is -0.394 e. The molecule has 1 aliphatic carbocycles. The summed E-state index contributed by atoms with van der Waals surface area (Å²) in [4.78, 5) is 34.6. The quantitative estimate of drug-likeness (QED) is 0.491. The van der Waals surface area contributed by atoms with E-state index in [2.05, 4.69) is 28.2 Å². The number of hydrogen-bond acceptors (Lipinski definition) is 8. The molecule has 3 aromatic rings. The second-order valence-corrected chi connectivity index (χ2v) is 12.5. The van der Waals surface area contributed by atoms with Crippen molar-refractivity contribution in [2.75, 3.05) is 24.6 Å². The van der Waals surface area contributed by atoms with Crippen LogP contribution in [0.15, 0.2) is 30.5 Å². The number of likely N-dealkylation sites (tertiary alicyclic amines) is 1. The molecule has 5 heterocycles. The van der Waals surface area contributed by atoms with E-state index in [1.807, 2.05) is 24.3 Å². The lowest BCUT2D eigenvalue weighted by Gasteiger charge is -2.38. The fourth-order valence-electron chi connectivity index (χ4n) is 6.62. The molecule has 1 saturated carbocycles. The summed E-state index contributed by atoms with van der Waals surface area (Å²) in [6.45, 7) is 4.17. The number of aromatic nitrogens is 1. The SMILES string of the molecule is C[C@]1(CO)C[C@H](N2CCCc3cc(C#N)cc(-c4ccnc5cc(CN6C(=O)C7CC7C6=O)sc45)c32)CN1. The van der Waals surface area contributed by atoms with Crippen molar-refractivity contribution >= 4 is 39.1 Å². The van der Waals surface area contributed by atoms with Crippen molar-refractivity contribution in [3.8, 4) is 17.2 Å². The molecule has 8 nitrogen and oxygen atoms in total. The molecule has 0 radical (unpaired) electrons. The molecule has 4 aliphatic rings. The number of carbonyl (C=O) groups excluding carboxylic acids is 2. The molecule has 0 spiro atoms. The first-order valence-electron chi connectivity index (χ1n) is 13.3. The first-order chi connectivity index (χ1) is 18.4. The van der Waals surface area contributed by atoms with Crippen molar-refractivity contribution in [2.24, 2.45) is 11.8 Å². The average molecular weight is 528 g/mol. The minimum absolute atomic E-state index is 0.0443. The Kier molecular flexibility index (Phi) is 5.38. The van der Waals surface area contributed by atoms with Crippen LogP contribution in [-0.4, -0.2) is 58.1 Å². The Morgan fingerprint density at radius 2 is 2.05 bits per heavy atom. The van der Waals surface area contributed by atoms with Gasteiger partial charge in [0.25, 0.3) is 0 Å². The van der Waals surface area contributed by atoms with Crippen molar-refractivity contribution in [3.05, 3.63) is 46.5 Å². The highest BCUT2D eigenvalue weighted by atomic mass is 32.1. The molecule has 2 amide bonds. The predicted octanol–water partition coefficient (Wildman–Crippen LogP) is 3.21. The van der Waals surface area contributed by atoms with E-state index in [0.717, 1.165) is 64.3 Å². The lowest BCUT2D eigenvalue weighted by Crippen LogP contribution is -2.41. The monoisotopic (exact) mass is 527 g/mol. The number of pyridine rings is 1. The zero-order valence-electron chi connectivity index (χ0n) is 21.2. The van der Waals surface area contributed by atoms with Gasteiger partial charge >= 0.3 is 0 Å².